The number of carbonyl (C=O) groups is 1. The molecule has 6 nitrogen and oxygen atoms in total. The molecule has 0 aromatic heterocycles. The number of carbonyl (C=O) groups excluding carboxylic acids is 1. The Balaban J connectivity index is 1.41. The number of urea groups is 1. The number of piperidine rings is 1. The number of nitrogens with zero attached hydrogens (tertiary/aromatic N) is 1. The first-order valence-corrected chi connectivity index (χ1v) is 7.81. The standard InChI is InChI=1S/C16H22N2O4/c1-12-4-2-3-8-18(12)16(19)17-7-9-20-13-5-6-14-15(10-13)22-11-21-14/h5-6,10,12H,2-4,7-9,11H2,1H3,(H,17,19). The molecule has 1 unspecified atom stereocenters. The maximum absolute atomic E-state index is 12.1. The van der Waals surface area contributed by atoms with Gasteiger partial charge in [-0.1, -0.05) is 0 Å². The molecule has 0 aliphatic carbocycles. The third kappa shape index (κ3) is 3.37. The van der Waals surface area contributed by atoms with Gasteiger partial charge in [-0.2, -0.15) is 0 Å². The van der Waals surface area contributed by atoms with Crippen LogP contribution in [0.5, 0.6) is 17.2 Å². The molecule has 0 bridgehead atoms. The van der Waals surface area contributed by atoms with Crippen LogP contribution in [0.1, 0.15) is 26.2 Å². The molecule has 1 aromatic rings. The minimum atomic E-state index is 0.00138. The van der Waals surface area contributed by atoms with Crippen molar-refractivity contribution in [1.82, 2.24) is 10.2 Å². The molecule has 2 aliphatic heterocycles. The maximum Gasteiger partial charge on any atom is 0.317 e. The first-order chi connectivity index (χ1) is 10.7. The van der Waals surface area contributed by atoms with Crippen LogP contribution < -0.4 is 19.5 Å². The number of hydrogen-bond donors (Lipinski definition) is 1. The number of likely N-dealkylation sites (tertiary alicyclic amines) is 1. The highest BCUT2D eigenvalue weighted by atomic mass is 16.7. The molecule has 120 valence electrons. The number of nitrogens with one attached hydrogen (secondary N) is 1. The van der Waals surface area contributed by atoms with Crippen LogP contribution in [0.2, 0.25) is 0 Å². The minimum absolute atomic E-state index is 0.00138. The molecule has 2 aliphatic rings. The van der Waals surface area contributed by atoms with Crippen molar-refractivity contribution in [3.8, 4) is 17.2 Å². The molecule has 1 aromatic carbocycles. The van der Waals surface area contributed by atoms with Crippen LogP contribution in [0, 0.1) is 0 Å². The van der Waals surface area contributed by atoms with Crippen molar-refractivity contribution in [3.63, 3.8) is 0 Å². The van der Waals surface area contributed by atoms with E-state index in [0.29, 0.717) is 30.7 Å². The van der Waals surface area contributed by atoms with Crippen LogP contribution in [0.3, 0.4) is 0 Å². The van der Waals surface area contributed by atoms with Gasteiger partial charge in [0.05, 0.1) is 6.54 Å². The van der Waals surface area contributed by atoms with Crippen molar-refractivity contribution in [2.45, 2.75) is 32.2 Å². The van der Waals surface area contributed by atoms with E-state index in [9.17, 15) is 4.79 Å². The second-order valence-electron chi connectivity index (χ2n) is 5.63. The summed E-state index contributed by atoms with van der Waals surface area (Å²) in [5.74, 6) is 2.15. The highest BCUT2D eigenvalue weighted by molar-refractivity contribution is 5.74. The van der Waals surface area contributed by atoms with Gasteiger partial charge in [-0.25, -0.2) is 4.79 Å². The lowest BCUT2D eigenvalue weighted by molar-refractivity contribution is 0.156. The zero-order valence-electron chi connectivity index (χ0n) is 12.8. The number of fused-ring (bicyclic) bond motifs is 1. The molecular formula is C16H22N2O4. The molecule has 0 radical (unpaired) electrons. The van der Waals surface area contributed by atoms with Crippen LogP contribution in [0.4, 0.5) is 4.79 Å². The van der Waals surface area contributed by atoms with Gasteiger partial charge < -0.3 is 24.4 Å². The summed E-state index contributed by atoms with van der Waals surface area (Å²) >= 11 is 0. The lowest BCUT2D eigenvalue weighted by Crippen LogP contribution is -2.48. The third-order valence-electron chi connectivity index (χ3n) is 4.05. The van der Waals surface area contributed by atoms with Crippen molar-refractivity contribution in [2.75, 3.05) is 26.5 Å². The van der Waals surface area contributed by atoms with Gasteiger partial charge in [-0.3, -0.25) is 0 Å². The Morgan fingerprint density at radius 3 is 3.09 bits per heavy atom. The average molecular weight is 306 g/mol. The third-order valence-corrected chi connectivity index (χ3v) is 4.05. The van der Waals surface area contributed by atoms with Crippen LogP contribution >= 0.6 is 0 Å². The van der Waals surface area contributed by atoms with Gasteiger partial charge in [-0.15, -0.1) is 0 Å². The smallest absolute Gasteiger partial charge is 0.317 e. The van der Waals surface area contributed by atoms with E-state index in [2.05, 4.69) is 12.2 Å². The van der Waals surface area contributed by atoms with Crippen molar-refractivity contribution in [3.05, 3.63) is 18.2 Å². The van der Waals surface area contributed by atoms with Crippen LogP contribution in [-0.2, 0) is 0 Å². The van der Waals surface area contributed by atoms with Crippen LogP contribution in [0.15, 0.2) is 18.2 Å². The summed E-state index contributed by atoms with van der Waals surface area (Å²) in [6.45, 7) is 4.10. The van der Waals surface area contributed by atoms with E-state index in [4.69, 9.17) is 14.2 Å². The van der Waals surface area contributed by atoms with Crippen molar-refractivity contribution < 1.29 is 19.0 Å². The Bertz CT molecular complexity index is 535. The largest absolute Gasteiger partial charge is 0.492 e. The Kier molecular flexibility index (Phi) is 4.56. The number of ether oxygens (including phenoxy) is 3. The van der Waals surface area contributed by atoms with E-state index in [-0.39, 0.29) is 12.8 Å². The second-order valence-corrected chi connectivity index (χ2v) is 5.63. The van der Waals surface area contributed by atoms with E-state index < -0.39 is 0 Å². The molecule has 1 atom stereocenters. The normalized spacial score (nSPS) is 19.9. The number of hydrogen-bond acceptors (Lipinski definition) is 4. The highest BCUT2D eigenvalue weighted by Crippen LogP contribution is 2.34. The molecule has 22 heavy (non-hydrogen) atoms. The topological polar surface area (TPSA) is 60.0 Å². The fourth-order valence-corrected chi connectivity index (χ4v) is 2.79. The molecule has 0 saturated carbocycles. The van der Waals surface area contributed by atoms with Crippen LogP contribution in [-0.4, -0.2) is 43.5 Å². The predicted octanol–water partition coefficient (Wildman–Crippen LogP) is 2.38. The molecular weight excluding hydrogens is 284 g/mol. The highest BCUT2D eigenvalue weighted by Gasteiger charge is 2.22. The molecule has 1 saturated heterocycles. The number of rotatable bonds is 4. The summed E-state index contributed by atoms with van der Waals surface area (Å²) in [7, 11) is 0. The first-order valence-electron chi connectivity index (χ1n) is 7.81. The molecule has 1 fully saturated rings. The van der Waals surface area contributed by atoms with Gasteiger partial charge in [0.1, 0.15) is 12.4 Å². The summed E-state index contributed by atoms with van der Waals surface area (Å²) < 4.78 is 16.2. The van der Waals surface area contributed by atoms with Crippen molar-refractivity contribution in [2.24, 2.45) is 0 Å². The van der Waals surface area contributed by atoms with Gasteiger partial charge in [-0.05, 0) is 38.3 Å². The molecule has 1 N–H and O–H groups in total. The monoisotopic (exact) mass is 306 g/mol. The lowest BCUT2D eigenvalue weighted by Gasteiger charge is -2.33. The minimum Gasteiger partial charge on any atom is -0.492 e. The van der Waals surface area contributed by atoms with E-state index >= 15 is 0 Å². The van der Waals surface area contributed by atoms with E-state index in [1.54, 1.807) is 6.07 Å². The van der Waals surface area contributed by atoms with E-state index in [1.807, 2.05) is 17.0 Å². The summed E-state index contributed by atoms with van der Waals surface area (Å²) in [6.07, 6.45) is 3.38. The summed E-state index contributed by atoms with van der Waals surface area (Å²) in [6, 6.07) is 5.79. The summed E-state index contributed by atoms with van der Waals surface area (Å²) in [5, 5.41) is 2.91. The fourth-order valence-electron chi connectivity index (χ4n) is 2.79. The fraction of sp³-hybridized carbons (Fsp3) is 0.562. The summed E-state index contributed by atoms with van der Waals surface area (Å²) in [5.41, 5.74) is 0. The lowest BCUT2D eigenvalue weighted by atomic mass is 10.0. The molecule has 6 heteroatoms. The molecule has 3 rings (SSSR count). The van der Waals surface area contributed by atoms with Gasteiger partial charge in [0.25, 0.3) is 0 Å². The molecule has 0 spiro atoms. The van der Waals surface area contributed by atoms with Gasteiger partial charge >= 0.3 is 6.03 Å². The SMILES string of the molecule is CC1CCCCN1C(=O)NCCOc1ccc2c(c1)OCO2. The van der Waals surface area contributed by atoms with Crippen molar-refractivity contribution in [1.29, 1.82) is 0 Å². The zero-order chi connectivity index (χ0) is 15.4. The van der Waals surface area contributed by atoms with Gasteiger partial charge in [0.15, 0.2) is 11.5 Å². The Morgan fingerprint density at radius 1 is 1.36 bits per heavy atom. The Morgan fingerprint density at radius 2 is 2.23 bits per heavy atom. The van der Waals surface area contributed by atoms with Gasteiger partial charge in [0.2, 0.25) is 6.79 Å². The Hall–Kier alpha value is -2.11. The quantitative estimate of drug-likeness (QED) is 0.868. The van der Waals surface area contributed by atoms with E-state index in [1.165, 1.54) is 6.42 Å². The number of benzene rings is 1. The zero-order valence-corrected chi connectivity index (χ0v) is 12.8. The molecule has 2 heterocycles. The second kappa shape index (κ2) is 6.77. The van der Waals surface area contributed by atoms with E-state index in [0.717, 1.165) is 25.1 Å². The maximum atomic E-state index is 12.1. The predicted molar refractivity (Wildman–Crippen MR) is 81.5 cm³/mol. The molecule has 2 amide bonds. The summed E-state index contributed by atoms with van der Waals surface area (Å²) in [4.78, 5) is 14.0. The number of amides is 2. The van der Waals surface area contributed by atoms with Crippen LogP contribution in [0.25, 0.3) is 0 Å². The first kappa shape index (κ1) is 14.8. The van der Waals surface area contributed by atoms with Crippen molar-refractivity contribution >= 4 is 6.03 Å². The Labute approximate surface area is 130 Å². The average Bonchev–Trinajstić information content (AvgIpc) is 2.99. The van der Waals surface area contributed by atoms with Gasteiger partial charge in [0, 0.05) is 18.7 Å².